The summed E-state index contributed by atoms with van der Waals surface area (Å²) in [5.74, 6) is 0. The van der Waals surface area contributed by atoms with E-state index in [0.29, 0.717) is 0 Å². The van der Waals surface area contributed by atoms with Crippen molar-refractivity contribution < 1.29 is 0 Å². The van der Waals surface area contributed by atoms with E-state index in [0.717, 1.165) is 0 Å². The summed E-state index contributed by atoms with van der Waals surface area (Å²) in [5.41, 5.74) is 14.6. The summed E-state index contributed by atoms with van der Waals surface area (Å²) >= 11 is 0. The van der Waals surface area contributed by atoms with Crippen LogP contribution >= 0.6 is 0 Å². The molecule has 14 aromatic rings. The SMILES string of the molecule is c1ccc(C2(c3ccccc3)c3cc(-c4cccc(-c5c6ccccc6c(-c6cc7ccccc7c7ccccc67)c6ccccc56)c4)c4ccccc4c3-c3c2c2ccccc2c2ccccc32)cc1. The van der Waals surface area contributed by atoms with Crippen LogP contribution in [0.1, 0.15) is 22.3 Å². The molecule has 0 radical (unpaired) electrons. The average molecular weight is 897 g/mol. The van der Waals surface area contributed by atoms with Gasteiger partial charge in [0.25, 0.3) is 0 Å². The Labute approximate surface area is 412 Å². The zero-order valence-corrected chi connectivity index (χ0v) is 38.9. The van der Waals surface area contributed by atoms with Gasteiger partial charge in [-0.05, 0) is 160 Å². The van der Waals surface area contributed by atoms with Crippen LogP contribution in [0.5, 0.6) is 0 Å². The quantitative estimate of drug-likeness (QED) is 0.119. The van der Waals surface area contributed by atoms with E-state index in [1.165, 1.54) is 142 Å². The van der Waals surface area contributed by atoms with Crippen molar-refractivity contribution >= 4 is 75.4 Å². The normalized spacial score (nSPS) is 12.9. The van der Waals surface area contributed by atoms with Crippen molar-refractivity contribution in [3.63, 3.8) is 0 Å². The first kappa shape index (κ1) is 39.9. The number of rotatable bonds is 5. The smallest absolute Gasteiger partial charge is 0.0622 e. The highest BCUT2D eigenvalue weighted by atomic mass is 14.5. The number of hydrogen-bond acceptors (Lipinski definition) is 0. The zero-order valence-electron chi connectivity index (χ0n) is 38.9. The van der Waals surface area contributed by atoms with Crippen LogP contribution < -0.4 is 0 Å². The first-order valence-corrected chi connectivity index (χ1v) is 24.8. The summed E-state index contributed by atoms with van der Waals surface area (Å²) in [6.07, 6.45) is 0. The van der Waals surface area contributed by atoms with E-state index in [-0.39, 0.29) is 0 Å². The summed E-state index contributed by atoms with van der Waals surface area (Å²) in [4.78, 5) is 0. The molecule has 0 amide bonds. The van der Waals surface area contributed by atoms with Gasteiger partial charge >= 0.3 is 0 Å². The number of benzene rings is 14. The molecule has 0 nitrogen and oxygen atoms in total. The van der Waals surface area contributed by atoms with Crippen LogP contribution in [0.3, 0.4) is 0 Å². The van der Waals surface area contributed by atoms with Gasteiger partial charge in [0, 0.05) is 0 Å². The van der Waals surface area contributed by atoms with Crippen LogP contribution in [0.15, 0.2) is 267 Å². The van der Waals surface area contributed by atoms with Crippen LogP contribution in [0.4, 0.5) is 0 Å². The summed E-state index contributed by atoms with van der Waals surface area (Å²) in [7, 11) is 0. The molecule has 0 N–H and O–H groups in total. The van der Waals surface area contributed by atoms with E-state index in [2.05, 4.69) is 267 Å². The van der Waals surface area contributed by atoms with Crippen molar-refractivity contribution in [1.29, 1.82) is 0 Å². The Balaban J connectivity index is 1.03. The van der Waals surface area contributed by atoms with Crippen LogP contribution in [0, 0.1) is 0 Å². The fourth-order valence-electron chi connectivity index (χ4n) is 13.1. The van der Waals surface area contributed by atoms with Crippen molar-refractivity contribution in [3.8, 4) is 44.5 Å². The standard InChI is InChI=1S/C71H44/c1-3-25-48(26-4-1)71(49-27-5-2-6-28-49)65-44-63(55-34-12-14-35-56(55)68(65)69-57-36-15-11-31-52(57)53-32-13-20-41-62(53)70(69)71)45-23-21-24-47(42-45)66-58-37-16-18-39-60(58)67(61-40-19-17-38-59(61)66)64-43-46-22-7-8-29-50(46)51-30-9-10-33-54(51)64/h1-44H. The average Bonchev–Trinajstić information content (AvgIpc) is 3.77. The van der Waals surface area contributed by atoms with E-state index >= 15 is 0 Å². The molecule has 0 fully saturated rings. The highest BCUT2D eigenvalue weighted by molar-refractivity contribution is 6.27. The van der Waals surface area contributed by atoms with Gasteiger partial charge in [-0.2, -0.15) is 0 Å². The van der Waals surface area contributed by atoms with Crippen LogP contribution in [-0.2, 0) is 5.41 Å². The third-order valence-corrected chi connectivity index (χ3v) is 15.9. The van der Waals surface area contributed by atoms with E-state index in [4.69, 9.17) is 0 Å². The van der Waals surface area contributed by atoms with Crippen LogP contribution in [0.2, 0.25) is 0 Å². The summed E-state index contributed by atoms with van der Waals surface area (Å²) in [6, 6.07) is 100. The minimum absolute atomic E-state index is 0.623. The molecule has 0 spiro atoms. The Morgan fingerprint density at radius 2 is 0.606 bits per heavy atom. The maximum atomic E-state index is 2.57. The Morgan fingerprint density at radius 3 is 1.18 bits per heavy atom. The second-order valence-electron chi connectivity index (χ2n) is 19.3. The van der Waals surface area contributed by atoms with E-state index in [1.54, 1.807) is 0 Å². The van der Waals surface area contributed by atoms with Crippen molar-refractivity contribution in [3.05, 3.63) is 289 Å². The van der Waals surface area contributed by atoms with Gasteiger partial charge in [0.05, 0.1) is 5.41 Å². The molecular weight excluding hydrogens is 853 g/mol. The van der Waals surface area contributed by atoms with Gasteiger partial charge in [-0.15, -0.1) is 0 Å². The summed E-state index contributed by atoms with van der Waals surface area (Å²) in [6.45, 7) is 0. The molecule has 71 heavy (non-hydrogen) atoms. The largest absolute Gasteiger partial charge is 0.0720 e. The van der Waals surface area contributed by atoms with E-state index < -0.39 is 5.41 Å². The highest BCUT2D eigenvalue weighted by Crippen LogP contribution is 2.62. The summed E-state index contributed by atoms with van der Waals surface area (Å²) in [5, 5.41) is 17.7. The molecule has 0 heterocycles. The molecule has 328 valence electrons. The summed E-state index contributed by atoms with van der Waals surface area (Å²) < 4.78 is 0. The molecule has 0 saturated carbocycles. The molecule has 1 aliphatic carbocycles. The molecule has 15 rings (SSSR count). The third kappa shape index (κ3) is 5.62. The second kappa shape index (κ2) is 15.5. The second-order valence-corrected chi connectivity index (χ2v) is 19.3. The van der Waals surface area contributed by atoms with Gasteiger partial charge in [0.1, 0.15) is 0 Å². The van der Waals surface area contributed by atoms with E-state index in [1.807, 2.05) is 0 Å². The Hall–Kier alpha value is -9.10. The molecule has 0 atom stereocenters. The van der Waals surface area contributed by atoms with Gasteiger partial charge in [-0.3, -0.25) is 0 Å². The highest BCUT2D eigenvalue weighted by Gasteiger charge is 2.49. The Morgan fingerprint density at radius 1 is 0.211 bits per heavy atom. The monoisotopic (exact) mass is 896 g/mol. The lowest BCUT2D eigenvalue weighted by Gasteiger charge is -2.35. The van der Waals surface area contributed by atoms with Gasteiger partial charge in [-0.1, -0.05) is 249 Å². The Kier molecular flexibility index (Phi) is 8.68. The molecular formula is C71H44. The number of hydrogen-bond donors (Lipinski definition) is 0. The van der Waals surface area contributed by atoms with Crippen LogP contribution in [0.25, 0.3) is 120 Å². The lowest BCUT2D eigenvalue weighted by atomic mass is 9.66. The lowest BCUT2D eigenvalue weighted by Crippen LogP contribution is -2.29. The minimum atomic E-state index is -0.623. The predicted octanol–water partition coefficient (Wildman–Crippen LogP) is 19.1. The fourth-order valence-corrected chi connectivity index (χ4v) is 13.1. The molecule has 0 unspecified atom stereocenters. The van der Waals surface area contributed by atoms with E-state index in [9.17, 15) is 0 Å². The molecule has 0 saturated heterocycles. The molecule has 1 aliphatic rings. The van der Waals surface area contributed by atoms with Gasteiger partial charge in [0.2, 0.25) is 0 Å². The topological polar surface area (TPSA) is 0 Å². The minimum Gasteiger partial charge on any atom is -0.0622 e. The third-order valence-electron chi connectivity index (χ3n) is 15.9. The van der Waals surface area contributed by atoms with Gasteiger partial charge < -0.3 is 0 Å². The lowest BCUT2D eigenvalue weighted by molar-refractivity contribution is 0.777. The van der Waals surface area contributed by atoms with Crippen molar-refractivity contribution in [2.24, 2.45) is 0 Å². The predicted molar refractivity (Wildman–Crippen MR) is 303 cm³/mol. The maximum absolute atomic E-state index is 2.57. The molecule has 0 heteroatoms. The van der Waals surface area contributed by atoms with Crippen molar-refractivity contribution in [1.82, 2.24) is 0 Å². The van der Waals surface area contributed by atoms with Crippen molar-refractivity contribution in [2.75, 3.05) is 0 Å². The maximum Gasteiger partial charge on any atom is 0.0720 e. The zero-order chi connectivity index (χ0) is 46.6. The molecule has 0 bridgehead atoms. The van der Waals surface area contributed by atoms with Crippen LogP contribution in [-0.4, -0.2) is 0 Å². The Bertz CT molecular complexity index is 4410. The first-order chi connectivity index (χ1) is 35.3. The first-order valence-electron chi connectivity index (χ1n) is 24.8. The molecule has 0 aromatic heterocycles. The molecule has 14 aromatic carbocycles. The molecule has 0 aliphatic heterocycles. The number of fused-ring (bicyclic) bond motifs is 15. The fraction of sp³-hybridized carbons (Fsp3) is 0.0141. The van der Waals surface area contributed by atoms with Gasteiger partial charge in [-0.25, -0.2) is 0 Å². The van der Waals surface area contributed by atoms with Crippen molar-refractivity contribution in [2.45, 2.75) is 5.41 Å². The van der Waals surface area contributed by atoms with Gasteiger partial charge in [0.15, 0.2) is 0 Å².